The average molecular weight is 311 g/mol. The van der Waals surface area contributed by atoms with Crippen LogP contribution in [0.2, 0.25) is 0 Å². The van der Waals surface area contributed by atoms with Crippen molar-refractivity contribution in [1.29, 1.82) is 0 Å². The van der Waals surface area contributed by atoms with Gasteiger partial charge in [0.25, 0.3) is 0 Å². The molecule has 1 fully saturated rings. The van der Waals surface area contributed by atoms with Crippen LogP contribution in [0.1, 0.15) is 30.4 Å². The molecular weight excluding hydrogens is 290 g/mol. The van der Waals surface area contributed by atoms with E-state index in [0.29, 0.717) is 4.90 Å². The van der Waals surface area contributed by atoms with E-state index in [1.165, 1.54) is 4.31 Å². The molecule has 0 saturated heterocycles. The summed E-state index contributed by atoms with van der Waals surface area (Å²) >= 11 is 0. The van der Waals surface area contributed by atoms with Crippen LogP contribution >= 0.6 is 0 Å². The number of hydrogen-bond acceptors (Lipinski definition) is 4. The van der Waals surface area contributed by atoms with Crippen LogP contribution in [0, 0.1) is 13.8 Å². The predicted octanol–water partition coefficient (Wildman–Crippen LogP) is 1.59. The molecule has 0 bridgehead atoms. The Hall–Kier alpha value is -1.60. The first-order valence-corrected chi connectivity index (χ1v) is 8.35. The van der Waals surface area contributed by atoms with Crippen LogP contribution in [0.4, 0.5) is 0 Å². The fourth-order valence-electron chi connectivity index (χ4n) is 2.25. The summed E-state index contributed by atoms with van der Waals surface area (Å²) in [6.07, 6.45) is 1.94. The third-order valence-corrected chi connectivity index (χ3v) is 5.70. The van der Waals surface area contributed by atoms with E-state index in [-0.39, 0.29) is 24.8 Å². The topological polar surface area (TPSA) is 96.0 Å². The fourth-order valence-corrected chi connectivity index (χ4v) is 4.25. The maximum absolute atomic E-state index is 12.9. The van der Waals surface area contributed by atoms with E-state index in [9.17, 15) is 8.42 Å². The SMILES string of the molecule is Cc1ccc(C)c(S(=O)(=O)N(CCC(N)=NO)C2CC2)c1. The maximum Gasteiger partial charge on any atom is 0.243 e. The van der Waals surface area contributed by atoms with E-state index >= 15 is 0 Å². The minimum atomic E-state index is -3.55. The Kier molecular flexibility index (Phi) is 4.53. The number of aryl methyl sites for hydroxylation is 2. The van der Waals surface area contributed by atoms with Crippen LogP contribution in [-0.4, -0.2) is 36.4 Å². The highest BCUT2D eigenvalue weighted by Crippen LogP contribution is 2.33. The molecule has 1 aliphatic carbocycles. The van der Waals surface area contributed by atoms with Gasteiger partial charge in [0.1, 0.15) is 5.84 Å². The lowest BCUT2D eigenvalue weighted by molar-refractivity contribution is 0.315. The van der Waals surface area contributed by atoms with Gasteiger partial charge in [-0.05, 0) is 43.9 Å². The van der Waals surface area contributed by atoms with Gasteiger partial charge in [0.15, 0.2) is 0 Å². The molecule has 0 heterocycles. The molecule has 0 radical (unpaired) electrons. The Morgan fingerprint density at radius 2 is 2.10 bits per heavy atom. The second-order valence-corrected chi connectivity index (χ2v) is 7.32. The highest BCUT2D eigenvalue weighted by atomic mass is 32.2. The van der Waals surface area contributed by atoms with Gasteiger partial charge in [-0.15, -0.1) is 0 Å². The van der Waals surface area contributed by atoms with E-state index in [4.69, 9.17) is 10.9 Å². The van der Waals surface area contributed by atoms with Crippen molar-refractivity contribution in [2.24, 2.45) is 10.9 Å². The van der Waals surface area contributed by atoms with E-state index in [2.05, 4.69) is 5.16 Å². The molecule has 2 rings (SSSR count). The van der Waals surface area contributed by atoms with Crippen LogP contribution in [0.15, 0.2) is 28.3 Å². The van der Waals surface area contributed by atoms with Crippen LogP contribution in [0.25, 0.3) is 0 Å². The molecule has 1 aliphatic rings. The van der Waals surface area contributed by atoms with Crippen molar-refractivity contribution >= 4 is 15.9 Å². The van der Waals surface area contributed by atoms with Crippen molar-refractivity contribution in [3.05, 3.63) is 29.3 Å². The van der Waals surface area contributed by atoms with Crippen molar-refractivity contribution in [2.75, 3.05) is 6.54 Å². The molecule has 0 aromatic heterocycles. The van der Waals surface area contributed by atoms with Gasteiger partial charge in [-0.1, -0.05) is 17.3 Å². The highest BCUT2D eigenvalue weighted by molar-refractivity contribution is 7.89. The third-order valence-electron chi connectivity index (χ3n) is 3.60. The lowest BCUT2D eigenvalue weighted by Crippen LogP contribution is -2.36. The number of benzene rings is 1. The van der Waals surface area contributed by atoms with Crippen molar-refractivity contribution < 1.29 is 13.6 Å². The standard InChI is InChI=1S/C14H21N3O3S/c1-10-3-4-11(2)13(9-10)21(19,20)17(12-5-6-12)8-7-14(15)16-18/h3-4,9,12,18H,5-8H2,1-2H3,(H2,15,16). The number of rotatable bonds is 6. The maximum atomic E-state index is 12.9. The lowest BCUT2D eigenvalue weighted by atomic mass is 10.2. The minimum absolute atomic E-state index is 0.0291. The molecule has 0 amide bonds. The molecule has 1 aromatic carbocycles. The Balaban J connectivity index is 2.31. The number of nitrogens with zero attached hydrogens (tertiary/aromatic N) is 2. The van der Waals surface area contributed by atoms with Crippen molar-refractivity contribution in [3.8, 4) is 0 Å². The first-order chi connectivity index (χ1) is 9.86. The number of amidine groups is 1. The summed E-state index contributed by atoms with van der Waals surface area (Å²) in [5.41, 5.74) is 7.10. The van der Waals surface area contributed by atoms with Gasteiger partial charge in [0.2, 0.25) is 10.0 Å². The number of oxime groups is 1. The quantitative estimate of drug-likeness (QED) is 0.361. The fraction of sp³-hybridized carbons (Fsp3) is 0.500. The summed E-state index contributed by atoms with van der Waals surface area (Å²) < 4.78 is 27.2. The zero-order valence-electron chi connectivity index (χ0n) is 12.3. The summed E-state index contributed by atoms with van der Waals surface area (Å²) in [4.78, 5) is 0.342. The summed E-state index contributed by atoms with van der Waals surface area (Å²) in [5, 5.41) is 11.5. The Labute approximate surface area is 125 Å². The summed E-state index contributed by atoms with van der Waals surface area (Å²) in [6, 6.07) is 5.44. The van der Waals surface area contributed by atoms with Gasteiger partial charge in [-0.25, -0.2) is 8.42 Å². The van der Waals surface area contributed by atoms with Crippen LogP contribution in [0.5, 0.6) is 0 Å². The van der Waals surface area contributed by atoms with Gasteiger partial charge in [-0.2, -0.15) is 4.31 Å². The van der Waals surface area contributed by atoms with Crippen molar-refractivity contribution in [3.63, 3.8) is 0 Å². The molecule has 0 unspecified atom stereocenters. The first-order valence-electron chi connectivity index (χ1n) is 6.91. The lowest BCUT2D eigenvalue weighted by Gasteiger charge is -2.23. The average Bonchev–Trinajstić information content (AvgIpc) is 3.25. The molecule has 3 N–H and O–H groups in total. The largest absolute Gasteiger partial charge is 0.409 e. The predicted molar refractivity (Wildman–Crippen MR) is 80.9 cm³/mol. The zero-order chi connectivity index (χ0) is 15.6. The number of sulfonamides is 1. The van der Waals surface area contributed by atoms with Gasteiger partial charge < -0.3 is 10.9 Å². The first kappa shape index (κ1) is 15.8. The molecular formula is C14H21N3O3S. The van der Waals surface area contributed by atoms with Crippen molar-refractivity contribution in [2.45, 2.75) is 44.0 Å². The summed E-state index contributed by atoms with van der Waals surface area (Å²) in [5.74, 6) is 0.0387. The molecule has 0 spiro atoms. The summed E-state index contributed by atoms with van der Waals surface area (Å²) in [6.45, 7) is 3.90. The van der Waals surface area contributed by atoms with E-state index in [0.717, 1.165) is 24.0 Å². The van der Waals surface area contributed by atoms with E-state index < -0.39 is 10.0 Å². The molecule has 7 heteroatoms. The van der Waals surface area contributed by atoms with Crippen molar-refractivity contribution in [1.82, 2.24) is 4.31 Å². The molecule has 1 aromatic rings. The number of nitrogens with two attached hydrogens (primary N) is 1. The minimum Gasteiger partial charge on any atom is -0.409 e. The van der Waals surface area contributed by atoms with E-state index in [1.807, 2.05) is 19.1 Å². The second kappa shape index (κ2) is 6.03. The van der Waals surface area contributed by atoms with Crippen LogP contribution < -0.4 is 5.73 Å². The monoisotopic (exact) mass is 311 g/mol. The van der Waals surface area contributed by atoms with Gasteiger partial charge in [-0.3, -0.25) is 0 Å². The third kappa shape index (κ3) is 3.54. The van der Waals surface area contributed by atoms with Gasteiger partial charge in [0.05, 0.1) is 4.90 Å². The van der Waals surface area contributed by atoms with Crippen LogP contribution in [-0.2, 0) is 10.0 Å². The normalized spacial score (nSPS) is 16.4. The second-order valence-electron chi connectivity index (χ2n) is 5.46. The zero-order valence-corrected chi connectivity index (χ0v) is 13.1. The molecule has 21 heavy (non-hydrogen) atoms. The molecule has 1 saturated carbocycles. The molecule has 0 aliphatic heterocycles. The Morgan fingerprint density at radius 1 is 1.43 bits per heavy atom. The van der Waals surface area contributed by atoms with Crippen LogP contribution in [0.3, 0.4) is 0 Å². The molecule has 0 atom stereocenters. The number of hydrogen-bond donors (Lipinski definition) is 2. The van der Waals surface area contributed by atoms with Gasteiger partial charge >= 0.3 is 0 Å². The highest BCUT2D eigenvalue weighted by Gasteiger charge is 2.38. The summed E-state index contributed by atoms with van der Waals surface area (Å²) in [7, 11) is -3.55. The van der Waals surface area contributed by atoms with E-state index in [1.54, 1.807) is 13.0 Å². The Bertz CT molecular complexity index is 651. The van der Waals surface area contributed by atoms with Gasteiger partial charge in [0, 0.05) is 19.0 Å². The molecule has 6 nitrogen and oxygen atoms in total. The molecule has 116 valence electrons. The smallest absolute Gasteiger partial charge is 0.243 e. The Morgan fingerprint density at radius 3 is 2.67 bits per heavy atom.